The zero-order valence-corrected chi connectivity index (χ0v) is 11.8. The second kappa shape index (κ2) is 5.91. The Labute approximate surface area is 110 Å². The average molecular weight is 267 g/mol. The van der Waals surface area contributed by atoms with Crippen LogP contribution < -0.4 is 0 Å². The summed E-state index contributed by atoms with van der Waals surface area (Å²) in [5.41, 5.74) is 1.01. The highest BCUT2D eigenvalue weighted by Crippen LogP contribution is 2.13. The first-order valence-electron chi connectivity index (χ1n) is 5.49. The van der Waals surface area contributed by atoms with E-state index < -0.39 is 21.7 Å². The molecule has 1 aromatic carbocycles. The van der Waals surface area contributed by atoms with Crippen LogP contribution in [0.15, 0.2) is 28.7 Å². The molecule has 0 saturated heterocycles. The van der Waals surface area contributed by atoms with Gasteiger partial charge in [-0.1, -0.05) is 18.2 Å². The van der Waals surface area contributed by atoms with Crippen molar-refractivity contribution >= 4 is 23.2 Å². The number of rotatable bonds is 3. The Bertz CT molecular complexity index is 489. The van der Waals surface area contributed by atoms with Crippen LogP contribution in [-0.4, -0.2) is 28.2 Å². The number of hydrogen-bond acceptors (Lipinski definition) is 3. The molecule has 0 N–H and O–H groups in total. The molecule has 4 nitrogen and oxygen atoms in total. The van der Waals surface area contributed by atoms with Crippen molar-refractivity contribution in [2.45, 2.75) is 25.5 Å². The topological polar surface area (TPSA) is 55.7 Å². The normalized spacial score (nSPS) is 13.6. The molecular formula is C13H17NO3S. The van der Waals surface area contributed by atoms with Gasteiger partial charge in [0.2, 0.25) is 0 Å². The van der Waals surface area contributed by atoms with Gasteiger partial charge in [-0.25, -0.2) is 9.00 Å². The lowest BCUT2D eigenvalue weighted by molar-refractivity contribution is 0.0600. The van der Waals surface area contributed by atoms with E-state index in [1.165, 1.54) is 13.3 Å². The van der Waals surface area contributed by atoms with E-state index in [0.717, 1.165) is 0 Å². The van der Waals surface area contributed by atoms with Crippen molar-refractivity contribution in [2.24, 2.45) is 4.40 Å². The molecule has 0 saturated carbocycles. The van der Waals surface area contributed by atoms with E-state index in [2.05, 4.69) is 9.13 Å². The van der Waals surface area contributed by atoms with Crippen LogP contribution in [0.25, 0.3) is 0 Å². The number of carbonyl (C=O) groups excluding carboxylic acids is 1. The largest absolute Gasteiger partial charge is 0.465 e. The molecule has 0 heterocycles. The molecule has 18 heavy (non-hydrogen) atoms. The van der Waals surface area contributed by atoms with Crippen LogP contribution in [0, 0.1) is 0 Å². The minimum Gasteiger partial charge on any atom is -0.465 e. The van der Waals surface area contributed by atoms with Gasteiger partial charge in [-0.05, 0) is 26.8 Å². The fourth-order valence-corrected chi connectivity index (χ4v) is 1.69. The van der Waals surface area contributed by atoms with Gasteiger partial charge in [0.15, 0.2) is 0 Å². The van der Waals surface area contributed by atoms with E-state index >= 15 is 0 Å². The van der Waals surface area contributed by atoms with Gasteiger partial charge in [-0.3, -0.25) is 0 Å². The molecule has 0 spiro atoms. The molecule has 0 aliphatic heterocycles. The van der Waals surface area contributed by atoms with Crippen molar-refractivity contribution in [3.63, 3.8) is 0 Å². The van der Waals surface area contributed by atoms with Gasteiger partial charge in [0.1, 0.15) is 11.0 Å². The van der Waals surface area contributed by atoms with Crippen LogP contribution in [0.1, 0.15) is 36.7 Å². The van der Waals surface area contributed by atoms with Crippen LogP contribution >= 0.6 is 0 Å². The predicted octanol–water partition coefficient (Wildman–Crippen LogP) is 2.35. The summed E-state index contributed by atoms with van der Waals surface area (Å²) >= 11 is 0. The van der Waals surface area contributed by atoms with Crippen molar-refractivity contribution in [1.82, 2.24) is 0 Å². The van der Waals surface area contributed by atoms with E-state index in [0.29, 0.717) is 11.1 Å². The van der Waals surface area contributed by atoms with Crippen LogP contribution in [0.2, 0.25) is 0 Å². The van der Waals surface area contributed by atoms with Gasteiger partial charge in [0.25, 0.3) is 0 Å². The molecule has 98 valence electrons. The maximum Gasteiger partial charge on any atom is 0.338 e. The minimum atomic E-state index is -1.34. The van der Waals surface area contributed by atoms with Gasteiger partial charge in [-0.15, -0.1) is 0 Å². The Hall–Kier alpha value is -1.49. The average Bonchev–Trinajstić information content (AvgIpc) is 2.34. The molecule has 0 bridgehead atoms. The SMILES string of the molecule is COC(=O)c1ccccc1/C=N/S(=O)C(C)(C)C. The quantitative estimate of drug-likeness (QED) is 0.624. The maximum absolute atomic E-state index is 11.8. The van der Waals surface area contributed by atoms with Gasteiger partial charge in [0, 0.05) is 11.8 Å². The fourth-order valence-electron chi connectivity index (χ4n) is 1.17. The highest BCUT2D eigenvalue weighted by molar-refractivity contribution is 7.85. The molecule has 1 rings (SSSR count). The fraction of sp³-hybridized carbons (Fsp3) is 0.385. The Balaban J connectivity index is 3.02. The number of carbonyl (C=O) groups is 1. The zero-order chi connectivity index (χ0) is 13.8. The third kappa shape index (κ3) is 3.77. The summed E-state index contributed by atoms with van der Waals surface area (Å²) in [6.45, 7) is 5.52. The van der Waals surface area contributed by atoms with Gasteiger partial charge >= 0.3 is 5.97 Å². The molecule has 0 aliphatic carbocycles. The standard InChI is InChI=1S/C13H17NO3S/c1-13(2,3)18(16)14-9-10-7-5-6-8-11(10)12(15)17-4/h5-9H,1-4H3/b14-9+. The van der Waals surface area contributed by atoms with Gasteiger partial charge in [0.05, 0.1) is 17.4 Å². The number of ether oxygens (including phenoxy) is 1. The lowest BCUT2D eigenvalue weighted by Crippen LogP contribution is -2.19. The number of methoxy groups -OCH3 is 1. The van der Waals surface area contributed by atoms with Crippen molar-refractivity contribution in [2.75, 3.05) is 7.11 Å². The Morgan fingerprint density at radius 3 is 2.50 bits per heavy atom. The molecule has 0 aliphatic rings. The first-order valence-corrected chi connectivity index (χ1v) is 6.60. The Kier molecular flexibility index (Phi) is 4.78. The maximum atomic E-state index is 11.8. The van der Waals surface area contributed by atoms with E-state index in [1.807, 2.05) is 20.8 Å². The number of nitrogens with zero attached hydrogens (tertiary/aromatic N) is 1. The molecule has 0 fully saturated rings. The first kappa shape index (κ1) is 14.6. The van der Waals surface area contributed by atoms with Crippen molar-refractivity contribution in [1.29, 1.82) is 0 Å². The molecule has 1 aromatic rings. The summed E-state index contributed by atoms with van der Waals surface area (Å²) in [5, 5.41) is 0. The summed E-state index contributed by atoms with van der Waals surface area (Å²) < 4.78 is 20.0. The second-order valence-electron chi connectivity index (χ2n) is 4.67. The van der Waals surface area contributed by atoms with Crippen LogP contribution in [0.5, 0.6) is 0 Å². The summed E-state index contributed by atoms with van der Waals surface area (Å²) in [4.78, 5) is 11.5. The summed E-state index contributed by atoms with van der Waals surface area (Å²) in [7, 11) is -0.0210. The van der Waals surface area contributed by atoms with E-state index in [4.69, 9.17) is 0 Å². The predicted molar refractivity (Wildman–Crippen MR) is 73.3 cm³/mol. The lowest BCUT2D eigenvalue weighted by Gasteiger charge is -2.12. The van der Waals surface area contributed by atoms with Crippen molar-refractivity contribution in [3.8, 4) is 0 Å². The summed E-state index contributed by atoms with van der Waals surface area (Å²) in [6.07, 6.45) is 1.45. The third-order valence-corrected chi connectivity index (χ3v) is 3.52. The Morgan fingerprint density at radius 1 is 1.33 bits per heavy atom. The van der Waals surface area contributed by atoms with E-state index in [9.17, 15) is 9.00 Å². The zero-order valence-electron chi connectivity index (χ0n) is 11.0. The van der Waals surface area contributed by atoms with Crippen LogP contribution in [-0.2, 0) is 15.7 Å². The molecular weight excluding hydrogens is 250 g/mol. The van der Waals surface area contributed by atoms with Crippen LogP contribution in [0.4, 0.5) is 0 Å². The van der Waals surface area contributed by atoms with Gasteiger partial charge in [-0.2, -0.15) is 4.40 Å². The molecule has 1 atom stereocenters. The highest BCUT2D eigenvalue weighted by atomic mass is 32.2. The summed E-state index contributed by atoms with van der Waals surface area (Å²) in [6, 6.07) is 6.90. The van der Waals surface area contributed by atoms with Crippen molar-refractivity contribution in [3.05, 3.63) is 35.4 Å². The second-order valence-corrected chi connectivity index (χ2v) is 6.61. The number of hydrogen-bond donors (Lipinski definition) is 0. The monoisotopic (exact) mass is 267 g/mol. The van der Waals surface area contributed by atoms with E-state index in [-0.39, 0.29) is 0 Å². The first-order chi connectivity index (χ1) is 8.36. The molecule has 5 heteroatoms. The highest BCUT2D eigenvalue weighted by Gasteiger charge is 2.18. The molecule has 1 unspecified atom stereocenters. The Morgan fingerprint density at radius 2 is 1.94 bits per heavy atom. The molecule has 0 amide bonds. The van der Waals surface area contributed by atoms with Gasteiger partial charge < -0.3 is 4.74 Å². The molecule has 0 aromatic heterocycles. The number of benzene rings is 1. The van der Waals surface area contributed by atoms with Crippen molar-refractivity contribution < 1.29 is 13.7 Å². The smallest absolute Gasteiger partial charge is 0.338 e. The van der Waals surface area contributed by atoms with E-state index in [1.54, 1.807) is 24.3 Å². The lowest BCUT2D eigenvalue weighted by atomic mass is 10.1. The third-order valence-electron chi connectivity index (χ3n) is 2.18. The molecule has 0 radical (unpaired) electrons. The van der Waals surface area contributed by atoms with Crippen LogP contribution in [0.3, 0.4) is 0 Å². The number of esters is 1. The summed E-state index contributed by atoms with van der Waals surface area (Å²) in [5.74, 6) is -0.432. The minimum absolute atomic E-state index is 0.412.